The van der Waals surface area contributed by atoms with E-state index in [9.17, 15) is 0 Å². The normalized spacial score (nSPS) is 9.18. The molecule has 0 bridgehead atoms. The third-order valence-corrected chi connectivity index (χ3v) is 2.33. The van der Waals surface area contributed by atoms with Crippen LogP contribution in [0.25, 0.3) is 0 Å². The predicted molar refractivity (Wildman–Crippen MR) is 48.2 cm³/mol. The van der Waals surface area contributed by atoms with Crippen molar-refractivity contribution in [3.63, 3.8) is 0 Å². The zero-order valence-corrected chi connectivity index (χ0v) is 7.85. The molecule has 0 fully saturated rings. The van der Waals surface area contributed by atoms with Gasteiger partial charge in [-0.1, -0.05) is 22.9 Å². The lowest BCUT2D eigenvalue weighted by Crippen LogP contribution is -1.83. The van der Waals surface area contributed by atoms with Gasteiger partial charge in [-0.3, -0.25) is 0 Å². The van der Waals surface area contributed by atoms with Crippen molar-refractivity contribution in [1.29, 1.82) is 5.26 Å². The number of hydrogen-bond acceptors (Lipinski definition) is 1. The van der Waals surface area contributed by atoms with Crippen LogP contribution in [0.5, 0.6) is 0 Å². The van der Waals surface area contributed by atoms with Crippen LogP contribution in [0.4, 0.5) is 0 Å². The second-order valence-corrected chi connectivity index (χ2v) is 3.13. The largest absolute Gasteiger partial charge is 0.192 e. The van der Waals surface area contributed by atoms with E-state index in [0.717, 1.165) is 16.5 Å². The molecule has 0 aliphatic carbocycles. The zero-order chi connectivity index (χ0) is 8.27. The van der Waals surface area contributed by atoms with Gasteiger partial charge >= 0.3 is 0 Å². The number of halogens is 1. The molecule has 0 aliphatic rings. The van der Waals surface area contributed by atoms with Crippen molar-refractivity contribution in [3.8, 4) is 6.07 Å². The molecular formula is C9H8BrN. The molecule has 0 radical (unpaired) electrons. The molecule has 0 unspecified atom stereocenters. The van der Waals surface area contributed by atoms with E-state index in [1.54, 1.807) is 0 Å². The first-order valence-electron chi connectivity index (χ1n) is 3.46. The van der Waals surface area contributed by atoms with Gasteiger partial charge in [-0.2, -0.15) is 5.26 Å². The van der Waals surface area contributed by atoms with E-state index in [0.29, 0.717) is 0 Å². The molecule has 1 aromatic carbocycles. The summed E-state index contributed by atoms with van der Waals surface area (Å²) in [5, 5.41) is 8.58. The van der Waals surface area contributed by atoms with Gasteiger partial charge in [-0.05, 0) is 30.2 Å². The lowest BCUT2D eigenvalue weighted by molar-refractivity contribution is 1.12. The topological polar surface area (TPSA) is 23.8 Å². The van der Waals surface area contributed by atoms with Gasteiger partial charge in [0, 0.05) is 4.47 Å². The quantitative estimate of drug-likeness (QED) is 0.699. The predicted octanol–water partition coefficient (Wildman–Crippen LogP) is 2.88. The van der Waals surface area contributed by atoms with E-state index in [4.69, 9.17) is 5.26 Å². The van der Waals surface area contributed by atoms with Gasteiger partial charge in [0.05, 0.1) is 11.6 Å². The maximum absolute atomic E-state index is 8.58. The summed E-state index contributed by atoms with van der Waals surface area (Å²) >= 11 is 3.41. The van der Waals surface area contributed by atoms with Gasteiger partial charge in [0.1, 0.15) is 0 Å². The fraction of sp³-hybridized carbons (Fsp3) is 0.222. The lowest BCUT2D eigenvalue weighted by Gasteiger charge is -1.99. The number of nitrogens with zero attached hydrogens (tertiary/aromatic N) is 1. The Kier molecular flexibility index (Phi) is 2.67. The van der Waals surface area contributed by atoms with E-state index in [1.165, 1.54) is 5.56 Å². The van der Waals surface area contributed by atoms with Gasteiger partial charge in [-0.25, -0.2) is 0 Å². The molecule has 0 amide bonds. The molecule has 0 saturated heterocycles. The molecule has 0 saturated carbocycles. The first kappa shape index (κ1) is 8.29. The van der Waals surface area contributed by atoms with E-state index in [-0.39, 0.29) is 0 Å². The number of nitriles is 1. The minimum Gasteiger partial charge on any atom is -0.192 e. The summed E-state index contributed by atoms with van der Waals surface area (Å²) in [4.78, 5) is 0. The fourth-order valence-electron chi connectivity index (χ4n) is 0.915. The van der Waals surface area contributed by atoms with Crippen molar-refractivity contribution in [1.82, 2.24) is 0 Å². The molecule has 0 N–H and O–H groups in total. The molecule has 0 spiro atoms. The molecule has 0 atom stereocenters. The van der Waals surface area contributed by atoms with E-state index < -0.39 is 0 Å². The molecule has 2 heteroatoms. The van der Waals surface area contributed by atoms with E-state index in [1.807, 2.05) is 18.2 Å². The second-order valence-electron chi connectivity index (χ2n) is 2.27. The lowest BCUT2D eigenvalue weighted by atomic mass is 10.1. The van der Waals surface area contributed by atoms with Crippen LogP contribution in [-0.2, 0) is 6.42 Å². The number of rotatable bonds is 1. The highest BCUT2D eigenvalue weighted by Gasteiger charge is 1.97. The zero-order valence-electron chi connectivity index (χ0n) is 6.26. The van der Waals surface area contributed by atoms with Gasteiger partial charge < -0.3 is 0 Å². The summed E-state index contributed by atoms with van der Waals surface area (Å²) in [5.41, 5.74) is 1.91. The fourth-order valence-corrected chi connectivity index (χ4v) is 1.44. The highest BCUT2D eigenvalue weighted by Crippen LogP contribution is 2.18. The molecular weight excluding hydrogens is 202 g/mol. The summed E-state index contributed by atoms with van der Waals surface area (Å²) in [6.07, 6.45) is 0.954. The van der Waals surface area contributed by atoms with Crippen molar-refractivity contribution in [2.24, 2.45) is 0 Å². The maximum atomic E-state index is 8.58. The Balaban J connectivity index is 3.15. The van der Waals surface area contributed by atoms with Crippen molar-refractivity contribution >= 4 is 15.9 Å². The monoisotopic (exact) mass is 209 g/mol. The summed E-state index contributed by atoms with van der Waals surface area (Å²) in [5.74, 6) is 0. The summed E-state index contributed by atoms with van der Waals surface area (Å²) in [6, 6.07) is 7.74. The van der Waals surface area contributed by atoms with Crippen molar-refractivity contribution in [2.75, 3.05) is 0 Å². The van der Waals surface area contributed by atoms with Crippen LogP contribution in [0.2, 0.25) is 0 Å². The van der Waals surface area contributed by atoms with E-state index in [2.05, 4.69) is 28.9 Å². The molecule has 0 aromatic heterocycles. The number of hydrogen-bond donors (Lipinski definition) is 0. The highest BCUT2D eigenvalue weighted by atomic mass is 79.9. The highest BCUT2D eigenvalue weighted by molar-refractivity contribution is 9.10. The smallest absolute Gasteiger partial charge is 0.0991 e. The molecule has 0 heterocycles. The molecule has 0 aliphatic heterocycles. The first-order valence-corrected chi connectivity index (χ1v) is 4.25. The van der Waals surface area contributed by atoms with Crippen LogP contribution < -0.4 is 0 Å². The van der Waals surface area contributed by atoms with Gasteiger partial charge in [0.15, 0.2) is 0 Å². The third kappa shape index (κ3) is 1.81. The van der Waals surface area contributed by atoms with Crippen LogP contribution >= 0.6 is 15.9 Å². The molecule has 1 aromatic rings. The molecule has 1 rings (SSSR count). The van der Waals surface area contributed by atoms with Crippen molar-refractivity contribution in [2.45, 2.75) is 13.3 Å². The van der Waals surface area contributed by atoms with Crippen molar-refractivity contribution < 1.29 is 0 Å². The van der Waals surface area contributed by atoms with Gasteiger partial charge in [0.2, 0.25) is 0 Å². The average Bonchev–Trinajstić information content (AvgIpc) is 2.05. The Hall–Kier alpha value is -0.810. The molecule has 11 heavy (non-hydrogen) atoms. The Morgan fingerprint density at radius 3 is 2.82 bits per heavy atom. The Morgan fingerprint density at radius 1 is 1.55 bits per heavy atom. The summed E-state index contributed by atoms with van der Waals surface area (Å²) < 4.78 is 1.08. The van der Waals surface area contributed by atoms with Crippen LogP contribution in [0.3, 0.4) is 0 Å². The van der Waals surface area contributed by atoms with Crippen molar-refractivity contribution in [3.05, 3.63) is 33.8 Å². The van der Waals surface area contributed by atoms with Crippen LogP contribution in [0, 0.1) is 11.3 Å². The SMILES string of the molecule is CCc1cc(C#N)ccc1Br. The number of benzene rings is 1. The summed E-state index contributed by atoms with van der Waals surface area (Å²) in [7, 11) is 0. The van der Waals surface area contributed by atoms with Crippen LogP contribution in [0.1, 0.15) is 18.1 Å². The van der Waals surface area contributed by atoms with Gasteiger partial charge in [0.25, 0.3) is 0 Å². The average molecular weight is 210 g/mol. The van der Waals surface area contributed by atoms with Crippen LogP contribution in [0.15, 0.2) is 22.7 Å². The Bertz CT molecular complexity index is 299. The standard InChI is InChI=1S/C9H8BrN/c1-2-8-5-7(6-11)3-4-9(8)10/h3-5H,2H2,1H3. The van der Waals surface area contributed by atoms with Crippen LogP contribution in [-0.4, -0.2) is 0 Å². The van der Waals surface area contributed by atoms with Gasteiger partial charge in [-0.15, -0.1) is 0 Å². The third-order valence-electron chi connectivity index (χ3n) is 1.56. The first-order chi connectivity index (χ1) is 5.27. The number of aryl methyl sites for hydroxylation is 1. The minimum atomic E-state index is 0.727. The summed E-state index contributed by atoms with van der Waals surface area (Å²) in [6.45, 7) is 2.07. The maximum Gasteiger partial charge on any atom is 0.0991 e. The second kappa shape index (κ2) is 3.54. The Morgan fingerprint density at radius 2 is 2.27 bits per heavy atom. The van der Waals surface area contributed by atoms with E-state index >= 15 is 0 Å². The Labute approximate surface area is 74.8 Å². The molecule has 1 nitrogen and oxygen atoms in total. The minimum absolute atomic E-state index is 0.727. The molecule has 56 valence electrons.